The molecule has 0 aliphatic heterocycles. The van der Waals surface area contributed by atoms with Crippen LogP contribution < -0.4 is 18.9 Å². The van der Waals surface area contributed by atoms with E-state index in [9.17, 15) is 0 Å². The quantitative estimate of drug-likeness (QED) is 0.313. The second-order valence-corrected chi connectivity index (χ2v) is 6.04. The fourth-order valence-electron chi connectivity index (χ4n) is 1.75. The van der Waals surface area contributed by atoms with E-state index in [1.807, 2.05) is 13.8 Å². The van der Waals surface area contributed by atoms with Crippen molar-refractivity contribution in [1.29, 1.82) is 0 Å². The van der Waals surface area contributed by atoms with Crippen molar-refractivity contribution >= 4 is 28.9 Å². The fourth-order valence-corrected chi connectivity index (χ4v) is 1.88. The number of ether oxygens (including phenoxy) is 4. The lowest BCUT2D eigenvalue weighted by Crippen LogP contribution is -2.05. The zero-order valence-corrected chi connectivity index (χ0v) is 16.3. The smallest absolute Gasteiger partial charge is 0.203 e. The maximum Gasteiger partial charge on any atom is 0.203 e. The Balaban J connectivity index is 2.71. The molecule has 0 saturated carbocycles. The first-order valence-electron chi connectivity index (χ1n) is 7.63. The van der Waals surface area contributed by atoms with E-state index in [0.29, 0.717) is 42.6 Å². The Morgan fingerprint density at radius 1 is 1.04 bits per heavy atom. The molecule has 25 heavy (non-hydrogen) atoms. The van der Waals surface area contributed by atoms with Crippen molar-refractivity contribution in [1.82, 2.24) is 0 Å². The highest BCUT2D eigenvalue weighted by Gasteiger charge is 2.15. The van der Waals surface area contributed by atoms with Crippen molar-refractivity contribution in [3.63, 3.8) is 0 Å². The number of hydrogen-bond donors (Lipinski definition) is 0. The van der Waals surface area contributed by atoms with E-state index in [2.05, 4.69) is 5.16 Å². The van der Waals surface area contributed by atoms with Crippen LogP contribution in [0.3, 0.4) is 0 Å². The molecule has 0 fully saturated rings. The van der Waals surface area contributed by atoms with E-state index in [-0.39, 0.29) is 11.1 Å². The summed E-state index contributed by atoms with van der Waals surface area (Å²) < 4.78 is 22.2. The third-order valence-corrected chi connectivity index (χ3v) is 3.10. The van der Waals surface area contributed by atoms with Crippen molar-refractivity contribution in [3.05, 3.63) is 22.7 Å². The molecule has 0 spiro atoms. The van der Waals surface area contributed by atoms with Gasteiger partial charge in [0.15, 0.2) is 11.5 Å². The topological polar surface area (TPSA) is 58.5 Å². The Hall–Kier alpha value is -1.79. The fraction of sp³-hybridized carbons (Fsp3) is 0.471. The van der Waals surface area contributed by atoms with Crippen molar-refractivity contribution in [2.24, 2.45) is 5.16 Å². The number of methoxy groups -OCH3 is 2. The molecule has 8 heteroatoms. The molecule has 0 heterocycles. The minimum atomic E-state index is 0.142. The van der Waals surface area contributed by atoms with Gasteiger partial charge in [0.05, 0.1) is 26.5 Å². The van der Waals surface area contributed by atoms with Crippen LogP contribution in [0.2, 0.25) is 0 Å². The highest BCUT2D eigenvalue weighted by Crippen LogP contribution is 2.41. The SMILES string of the molecule is COc1cc(OCC=C(Cl)Cl)cc(OC)c1OCCCON=C(C)C. The van der Waals surface area contributed by atoms with Crippen molar-refractivity contribution in [2.75, 3.05) is 34.0 Å². The Morgan fingerprint density at radius 3 is 2.20 bits per heavy atom. The lowest BCUT2D eigenvalue weighted by molar-refractivity contribution is 0.126. The highest BCUT2D eigenvalue weighted by atomic mass is 35.5. The van der Waals surface area contributed by atoms with Crippen molar-refractivity contribution in [3.8, 4) is 23.0 Å². The first kappa shape index (κ1) is 21.3. The monoisotopic (exact) mass is 391 g/mol. The summed E-state index contributed by atoms with van der Waals surface area (Å²) in [6.45, 7) is 4.85. The van der Waals surface area contributed by atoms with Crippen LogP contribution in [0.5, 0.6) is 23.0 Å². The van der Waals surface area contributed by atoms with Gasteiger partial charge in [0, 0.05) is 18.6 Å². The summed E-state index contributed by atoms with van der Waals surface area (Å²) in [7, 11) is 3.09. The largest absolute Gasteiger partial charge is 0.493 e. The predicted molar refractivity (Wildman–Crippen MR) is 99.7 cm³/mol. The van der Waals surface area contributed by atoms with Gasteiger partial charge in [0.2, 0.25) is 5.75 Å². The van der Waals surface area contributed by atoms with Gasteiger partial charge >= 0.3 is 0 Å². The van der Waals surface area contributed by atoms with E-state index in [0.717, 1.165) is 5.71 Å². The number of oxime groups is 1. The minimum absolute atomic E-state index is 0.142. The maximum absolute atomic E-state index is 5.77. The molecule has 0 aliphatic rings. The molecule has 0 aliphatic carbocycles. The average Bonchev–Trinajstić information content (AvgIpc) is 2.57. The third kappa shape index (κ3) is 8.23. The third-order valence-electron chi connectivity index (χ3n) is 2.80. The van der Waals surface area contributed by atoms with E-state index in [4.69, 9.17) is 47.0 Å². The molecule has 0 radical (unpaired) electrons. The van der Waals surface area contributed by atoms with Crippen LogP contribution >= 0.6 is 23.2 Å². The number of benzene rings is 1. The molecule has 1 aromatic carbocycles. The van der Waals surface area contributed by atoms with Crippen LogP contribution in [0.15, 0.2) is 27.9 Å². The zero-order valence-electron chi connectivity index (χ0n) is 14.8. The minimum Gasteiger partial charge on any atom is -0.493 e. The van der Waals surface area contributed by atoms with Gasteiger partial charge < -0.3 is 23.8 Å². The number of halogens is 2. The van der Waals surface area contributed by atoms with Crippen LogP contribution in [0.25, 0.3) is 0 Å². The van der Waals surface area contributed by atoms with E-state index in [1.54, 1.807) is 26.4 Å². The predicted octanol–water partition coefficient (Wildman–Crippen LogP) is 4.58. The molecule has 0 aromatic heterocycles. The summed E-state index contributed by atoms with van der Waals surface area (Å²) in [5.74, 6) is 2.04. The zero-order chi connectivity index (χ0) is 18.7. The maximum atomic E-state index is 5.77. The molecule has 0 bridgehead atoms. The first-order valence-corrected chi connectivity index (χ1v) is 8.39. The van der Waals surface area contributed by atoms with Crippen LogP contribution in [0, 0.1) is 0 Å². The second-order valence-electron chi connectivity index (χ2n) is 5.04. The summed E-state index contributed by atoms with van der Waals surface area (Å²) in [6.07, 6.45) is 2.20. The van der Waals surface area contributed by atoms with Gasteiger partial charge in [-0.3, -0.25) is 0 Å². The second kappa shape index (κ2) is 11.7. The van der Waals surface area contributed by atoms with Gasteiger partial charge in [-0.05, 0) is 19.9 Å². The molecule has 0 atom stereocenters. The van der Waals surface area contributed by atoms with E-state index < -0.39 is 0 Å². The number of rotatable bonds is 11. The Morgan fingerprint density at radius 2 is 1.68 bits per heavy atom. The summed E-state index contributed by atoms with van der Waals surface area (Å²) in [5.41, 5.74) is 0.866. The lowest BCUT2D eigenvalue weighted by atomic mass is 10.2. The lowest BCUT2D eigenvalue weighted by Gasteiger charge is -2.16. The molecule has 1 rings (SSSR count). The van der Waals surface area contributed by atoms with Gasteiger partial charge in [-0.25, -0.2) is 0 Å². The van der Waals surface area contributed by atoms with E-state index in [1.165, 1.54) is 6.08 Å². The Labute approximate surface area is 158 Å². The molecule has 0 N–H and O–H groups in total. The molecular weight excluding hydrogens is 369 g/mol. The number of nitrogens with zero attached hydrogens (tertiary/aromatic N) is 1. The van der Waals surface area contributed by atoms with Gasteiger partial charge in [0.1, 0.15) is 23.5 Å². The first-order chi connectivity index (χ1) is 12.0. The van der Waals surface area contributed by atoms with Gasteiger partial charge in [-0.1, -0.05) is 28.4 Å². The molecular formula is C17H23Cl2NO5. The normalized spacial score (nSPS) is 9.84. The molecule has 0 unspecified atom stereocenters. The summed E-state index contributed by atoms with van der Waals surface area (Å²) >= 11 is 11.1. The van der Waals surface area contributed by atoms with Gasteiger partial charge in [-0.15, -0.1) is 0 Å². The summed E-state index contributed by atoms with van der Waals surface area (Å²) in [6, 6.07) is 3.41. The van der Waals surface area contributed by atoms with Crippen LogP contribution in [0.1, 0.15) is 20.3 Å². The van der Waals surface area contributed by atoms with E-state index >= 15 is 0 Å². The Bertz CT molecular complexity index is 572. The standard InChI is InChI=1S/C17H23Cl2NO5/c1-12(2)20-25-8-5-7-24-17-14(21-3)10-13(11-15(17)22-4)23-9-6-16(18)19/h6,10-11H,5,7-9H2,1-4H3. The van der Waals surface area contributed by atoms with Crippen molar-refractivity contribution < 1.29 is 23.8 Å². The average molecular weight is 392 g/mol. The molecule has 1 aromatic rings. The van der Waals surface area contributed by atoms with Gasteiger partial charge in [-0.2, -0.15) is 0 Å². The molecule has 0 saturated heterocycles. The molecule has 140 valence electrons. The van der Waals surface area contributed by atoms with Gasteiger partial charge in [0.25, 0.3) is 0 Å². The van der Waals surface area contributed by atoms with Crippen molar-refractivity contribution in [2.45, 2.75) is 20.3 Å². The van der Waals surface area contributed by atoms with Crippen LogP contribution in [-0.2, 0) is 4.84 Å². The summed E-state index contributed by atoms with van der Waals surface area (Å²) in [4.78, 5) is 5.13. The molecule has 0 amide bonds. The van der Waals surface area contributed by atoms with Crippen LogP contribution in [-0.4, -0.2) is 39.8 Å². The molecule has 6 nitrogen and oxygen atoms in total. The Kier molecular flexibility index (Phi) is 9.96. The number of hydrogen-bond acceptors (Lipinski definition) is 6. The summed E-state index contributed by atoms with van der Waals surface area (Å²) in [5, 5.41) is 3.86. The highest BCUT2D eigenvalue weighted by molar-refractivity contribution is 6.55. The van der Waals surface area contributed by atoms with Crippen LogP contribution in [0.4, 0.5) is 0 Å².